The average molecular weight is 496 g/mol. The number of pyridine rings is 1. The second-order valence-electron chi connectivity index (χ2n) is 8.51. The van der Waals surface area contributed by atoms with Crippen molar-refractivity contribution in [1.82, 2.24) is 4.57 Å². The topological polar surface area (TPSA) is 81.7 Å². The van der Waals surface area contributed by atoms with Gasteiger partial charge in [-0.2, -0.15) is 0 Å². The lowest BCUT2D eigenvalue weighted by molar-refractivity contribution is 0.413. The Morgan fingerprint density at radius 2 is 1.72 bits per heavy atom. The summed E-state index contributed by atoms with van der Waals surface area (Å²) in [6.07, 6.45) is 1.30. The van der Waals surface area contributed by atoms with E-state index in [2.05, 4.69) is 0 Å². The normalized spacial score (nSPS) is 12.2. The predicted molar refractivity (Wildman–Crippen MR) is 140 cm³/mol. The molecule has 0 fully saturated rings. The first-order valence-corrected chi connectivity index (χ1v) is 12.3. The van der Waals surface area contributed by atoms with Gasteiger partial charge in [0.15, 0.2) is 11.3 Å². The number of aromatic hydroxyl groups is 1. The highest BCUT2D eigenvalue weighted by Crippen LogP contribution is 2.41. The van der Waals surface area contributed by atoms with Crippen molar-refractivity contribution < 1.29 is 14.3 Å². The van der Waals surface area contributed by atoms with Gasteiger partial charge in [-0.3, -0.25) is 9.36 Å². The number of aryl methyl sites for hydroxylation is 2. The molecule has 1 aliphatic rings. The number of para-hydroxylation sites is 1. The molecule has 7 heteroatoms. The molecule has 0 saturated carbocycles. The number of rotatable bonds is 4. The Morgan fingerprint density at radius 3 is 2.53 bits per heavy atom. The molecule has 36 heavy (non-hydrogen) atoms. The van der Waals surface area contributed by atoms with E-state index in [1.54, 1.807) is 35.9 Å². The van der Waals surface area contributed by atoms with Crippen LogP contribution in [0.2, 0.25) is 0 Å². The van der Waals surface area contributed by atoms with E-state index in [-0.39, 0.29) is 21.6 Å². The van der Waals surface area contributed by atoms with E-state index in [4.69, 9.17) is 9.15 Å². The monoisotopic (exact) mass is 495 g/mol. The number of benzene rings is 3. The van der Waals surface area contributed by atoms with Crippen LogP contribution in [-0.4, -0.2) is 16.8 Å². The molecule has 5 aromatic rings. The van der Waals surface area contributed by atoms with Crippen molar-refractivity contribution in [3.63, 3.8) is 0 Å². The first-order chi connectivity index (χ1) is 17.6. The van der Waals surface area contributed by atoms with Crippen LogP contribution in [0.25, 0.3) is 27.9 Å². The molecule has 0 amide bonds. The lowest BCUT2D eigenvalue weighted by Crippen LogP contribution is -2.25. The van der Waals surface area contributed by atoms with Gasteiger partial charge in [-0.1, -0.05) is 60.3 Å². The van der Waals surface area contributed by atoms with Crippen molar-refractivity contribution in [2.45, 2.75) is 22.6 Å². The number of methoxy groups -OCH3 is 1. The summed E-state index contributed by atoms with van der Waals surface area (Å²) in [7, 11) is 1.55. The summed E-state index contributed by atoms with van der Waals surface area (Å²) in [6, 6.07) is 24.4. The molecule has 0 spiro atoms. The summed E-state index contributed by atoms with van der Waals surface area (Å²) in [5.41, 5.74) is 3.14. The zero-order valence-electron chi connectivity index (χ0n) is 19.4. The van der Waals surface area contributed by atoms with Crippen LogP contribution >= 0.6 is 11.8 Å². The van der Waals surface area contributed by atoms with Crippen LogP contribution in [-0.2, 0) is 12.8 Å². The molecule has 1 aliphatic carbocycles. The smallest absolute Gasteiger partial charge is 0.354 e. The van der Waals surface area contributed by atoms with Crippen molar-refractivity contribution in [2.75, 3.05) is 7.11 Å². The van der Waals surface area contributed by atoms with Gasteiger partial charge in [-0.05, 0) is 48.7 Å². The van der Waals surface area contributed by atoms with Gasteiger partial charge in [0.1, 0.15) is 16.0 Å². The third-order valence-corrected chi connectivity index (χ3v) is 7.51. The first kappa shape index (κ1) is 22.2. The molecule has 178 valence electrons. The highest BCUT2D eigenvalue weighted by atomic mass is 32.2. The standard InChI is InChI=1S/C29H21NO5S/c1-34-19-11-7-12-20(16-19)36-27-25(31)23-26(35-29(27)33)22-15-14-17-8-5-6-13-21(17)24(22)30(28(23)32)18-9-3-2-4-10-18/h2-13,16,31H,14-15H2,1H3. The Hall–Kier alpha value is -4.23. The maximum atomic E-state index is 14.1. The van der Waals surface area contributed by atoms with Gasteiger partial charge in [0, 0.05) is 21.7 Å². The lowest BCUT2D eigenvalue weighted by Gasteiger charge is -2.25. The van der Waals surface area contributed by atoms with Crippen LogP contribution in [0.1, 0.15) is 11.1 Å². The van der Waals surface area contributed by atoms with E-state index in [0.717, 1.165) is 34.9 Å². The van der Waals surface area contributed by atoms with Crippen LogP contribution < -0.4 is 15.9 Å². The van der Waals surface area contributed by atoms with Crippen molar-refractivity contribution in [1.29, 1.82) is 0 Å². The number of hydrogen-bond acceptors (Lipinski definition) is 6. The molecule has 1 N–H and O–H groups in total. The molecule has 3 aromatic carbocycles. The Morgan fingerprint density at radius 1 is 0.944 bits per heavy atom. The highest BCUT2D eigenvalue weighted by molar-refractivity contribution is 7.99. The first-order valence-electron chi connectivity index (χ1n) is 11.5. The van der Waals surface area contributed by atoms with E-state index in [0.29, 0.717) is 28.4 Å². The Kier molecular flexibility index (Phi) is 5.42. The maximum Gasteiger partial charge on any atom is 0.354 e. The minimum atomic E-state index is -0.689. The SMILES string of the molecule is COc1cccc(Sc2c(O)c3c(=O)n(-c4ccccc4)c4c(c3oc2=O)CCc2ccccc2-4)c1. The molecule has 0 saturated heterocycles. The fourth-order valence-corrected chi connectivity index (χ4v) is 5.70. The summed E-state index contributed by atoms with van der Waals surface area (Å²) in [5.74, 6) is 0.245. The molecule has 6 nitrogen and oxygen atoms in total. The van der Waals surface area contributed by atoms with E-state index in [1.165, 1.54) is 0 Å². The van der Waals surface area contributed by atoms with Crippen LogP contribution in [0.5, 0.6) is 11.5 Å². The molecule has 0 radical (unpaired) electrons. The summed E-state index contributed by atoms with van der Waals surface area (Å²) in [4.78, 5) is 27.8. The van der Waals surface area contributed by atoms with Gasteiger partial charge in [-0.15, -0.1) is 0 Å². The van der Waals surface area contributed by atoms with Gasteiger partial charge in [-0.25, -0.2) is 4.79 Å². The van der Waals surface area contributed by atoms with Crippen LogP contribution in [0.4, 0.5) is 0 Å². The predicted octanol–water partition coefficient (Wildman–Crippen LogP) is 5.57. The zero-order valence-corrected chi connectivity index (χ0v) is 20.2. The maximum absolute atomic E-state index is 14.1. The van der Waals surface area contributed by atoms with Gasteiger partial charge in [0.2, 0.25) is 0 Å². The molecular formula is C29H21NO5S. The number of hydrogen-bond donors (Lipinski definition) is 1. The summed E-state index contributed by atoms with van der Waals surface area (Å²) < 4.78 is 12.7. The molecule has 6 rings (SSSR count). The van der Waals surface area contributed by atoms with E-state index >= 15 is 0 Å². The van der Waals surface area contributed by atoms with Crippen LogP contribution in [0, 0.1) is 0 Å². The minimum Gasteiger partial charge on any atom is -0.505 e. The summed E-state index contributed by atoms with van der Waals surface area (Å²) in [5, 5.41) is 11.3. The minimum absolute atomic E-state index is 0.00183. The second-order valence-corrected chi connectivity index (χ2v) is 9.60. The van der Waals surface area contributed by atoms with E-state index < -0.39 is 11.2 Å². The third-order valence-electron chi connectivity index (χ3n) is 6.45. The van der Waals surface area contributed by atoms with Crippen molar-refractivity contribution >= 4 is 22.7 Å². The second kappa shape index (κ2) is 8.77. The summed E-state index contributed by atoms with van der Waals surface area (Å²) >= 11 is 1.04. The van der Waals surface area contributed by atoms with Crippen molar-refractivity contribution in [3.05, 3.63) is 111 Å². The molecule has 0 aliphatic heterocycles. The molecular weight excluding hydrogens is 474 g/mol. The average Bonchev–Trinajstić information content (AvgIpc) is 2.91. The lowest BCUT2D eigenvalue weighted by atomic mass is 9.87. The number of fused-ring (bicyclic) bond motifs is 5. The fraction of sp³-hybridized carbons (Fsp3) is 0.103. The van der Waals surface area contributed by atoms with Crippen molar-refractivity contribution in [2.24, 2.45) is 0 Å². The highest BCUT2D eigenvalue weighted by Gasteiger charge is 2.29. The quantitative estimate of drug-likeness (QED) is 0.351. The molecule has 2 heterocycles. The van der Waals surface area contributed by atoms with Gasteiger partial charge in [0.05, 0.1) is 12.8 Å². The van der Waals surface area contributed by atoms with Crippen LogP contribution in [0.3, 0.4) is 0 Å². The largest absolute Gasteiger partial charge is 0.505 e. The van der Waals surface area contributed by atoms with E-state index in [1.807, 2.05) is 54.6 Å². The Bertz CT molecular complexity index is 1750. The molecule has 0 atom stereocenters. The number of ether oxygens (including phenoxy) is 1. The molecule has 2 aromatic heterocycles. The van der Waals surface area contributed by atoms with Crippen molar-refractivity contribution in [3.8, 4) is 28.4 Å². The molecule has 0 unspecified atom stereocenters. The molecule has 0 bridgehead atoms. The van der Waals surface area contributed by atoms with Gasteiger partial charge >= 0.3 is 5.63 Å². The van der Waals surface area contributed by atoms with Gasteiger partial charge in [0.25, 0.3) is 5.56 Å². The summed E-state index contributed by atoms with van der Waals surface area (Å²) in [6.45, 7) is 0. The number of nitrogens with zero attached hydrogens (tertiary/aromatic N) is 1. The third kappa shape index (κ3) is 3.51. The van der Waals surface area contributed by atoms with Gasteiger partial charge < -0.3 is 14.3 Å². The van der Waals surface area contributed by atoms with E-state index in [9.17, 15) is 14.7 Å². The number of aromatic nitrogens is 1. The fourth-order valence-electron chi connectivity index (χ4n) is 4.81. The van der Waals surface area contributed by atoms with Crippen LogP contribution in [0.15, 0.2) is 103 Å². The Balaban J connectivity index is 1.68. The zero-order chi connectivity index (χ0) is 24.8. The Labute approximate surface area is 210 Å².